The molecule has 0 amide bonds. The Morgan fingerprint density at radius 2 is 2.05 bits per heavy atom. The average Bonchev–Trinajstić information content (AvgIpc) is 2.55. The van der Waals surface area contributed by atoms with Crippen molar-refractivity contribution in [3.8, 4) is 5.88 Å². The molecule has 1 fully saturated rings. The maximum Gasteiger partial charge on any atom is 0.232 e. The maximum atomic E-state index is 6.47. The molecule has 1 unspecified atom stereocenters. The van der Waals surface area contributed by atoms with Gasteiger partial charge < -0.3 is 16.2 Å². The van der Waals surface area contributed by atoms with Gasteiger partial charge in [-0.1, -0.05) is 12.1 Å². The Morgan fingerprint density at radius 1 is 1.27 bits per heavy atom. The van der Waals surface area contributed by atoms with E-state index in [9.17, 15) is 0 Å². The fourth-order valence-corrected chi connectivity index (χ4v) is 3.33. The first kappa shape index (κ1) is 15.2. The number of rotatable bonds is 4. The van der Waals surface area contributed by atoms with Crippen molar-refractivity contribution in [1.29, 1.82) is 0 Å². The van der Waals surface area contributed by atoms with Crippen molar-refractivity contribution in [3.05, 3.63) is 30.0 Å². The summed E-state index contributed by atoms with van der Waals surface area (Å²) in [4.78, 5) is 8.94. The van der Waals surface area contributed by atoms with Crippen molar-refractivity contribution < 1.29 is 4.74 Å². The van der Waals surface area contributed by atoms with Crippen molar-refractivity contribution in [2.75, 3.05) is 7.11 Å². The normalized spacial score (nSPS) is 23.4. The van der Waals surface area contributed by atoms with Gasteiger partial charge in [-0.25, -0.2) is 9.97 Å². The van der Waals surface area contributed by atoms with Crippen molar-refractivity contribution in [1.82, 2.24) is 9.97 Å². The lowest BCUT2D eigenvalue weighted by Gasteiger charge is -2.30. The number of hydrogen-bond donors (Lipinski definition) is 2. The van der Waals surface area contributed by atoms with E-state index < -0.39 is 0 Å². The van der Waals surface area contributed by atoms with Gasteiger partial charge in [0.2, 0.25) is 5.88 Å². The minimum Gasteiger partial charge on any atom is -0.480 e. The minimum absolute atomic E-state index is 0.145. The Hall–Kier alpha value is -1.72. The molecule has 1 heterocycles. The molecule has 118 valence electrons. The van der Waals surface area contributed by atoms with E-state index in [2.05, 4.69) is 16.0 Å². The van der Waals surface area contributed by atoms with Crippen LogP contribution in [0.25, 0.3) is 11.0 Å². The zero-order chi connectivity index (χ0) is 15.5. The number of fused-ring (bicyclic) bond motifs is 1. The second-order valence-electron chi connectivity index (χ2n) is 6.24. The number of benzene rings is 1. The summed E-state index contributed by atoms with van der Waals surface area (Å²) in [7, 11) is 1.61. The van der Waals surface area contributed by atoms with Crippen LogP contribution in [0.4, 0.5) is 0 Å². The number of methoxy groups -OCH3 is 1. The summed E-state index contributed by atoms with van der Waals surface area (Å²) in [6.45, 7) is 0. The SMILES string of the molecule is COc1cnc2cccc(CC(N)C3CCC(N)CC3)c2n1. The van der Waals surface area contributed by atoms with Gasteiger partial charge in [-0.3, -0.25) is 0 Å². The summed E-state index contributed by atoms with van der Waals surface area (Å²) >= 11 is 0. The van der Waals surface area contributed by atoms with Crippen LogP contribution in [-0.2, 0) is 6.42 Å². The van der Waals surface area contributed by atoms with Gasteiger partial charge in [0.15, 0.2) is 0 Å². The Balaban J connectivity index is 1.80. The average molecular weight is 300 g/mol. The predicted molar refractivity (Wildman–Crippen MR) is 87.7 cm³/mol. The molecule has 22 heavy (non-hydrogen) atoms. The summed E-state index contributed by atoms with van der Waals surface area (Å²) in [5, 5.41) is 0. The first-order chi connectivity index (χ1) is 10.7. The van der Waals surface area contributed by atoms with Crippen molar-refractivity contribution >= 4 is 11.0 Å². The van der Waals surface area contributed by atoms with Gasteiger partial charge in [0, 0.05) is 12.1 Å². The molecule has 0 saturated heterocycles. The van der Waals surface area contributed by atoms with E-state index >= 15 is 0 Å². The number of nitrogens with zero attached hydrogens (tertiary/aromatic N) is 2. The molecular weight excluding hydrogens is 276 g/mol. The molecule has 1 aromatic carbocycles. The molecule has 1 atom stereocenters. The molecule has 1 aromatic heterocycles. The van der Waals surface area contributed by atoms with Crippen LogP contribution >= 0.6 is 0 Å². The quantitative estimate of drug-likeness (QED) is 0.902. The molecule has 1 saturated carbocycles. The maximum absolute atomic E-state index is 6.47. The lowest BCUT2D eigenvalue weighted by molar-refractivity contribution is 0.281. The third kappa shape index (κ3) is 3.20. The summed E-state index contributed by atoms with van der Waals surface area (Å²) < 4.78 is 5.19. The molecular formula is C17H24N4O. The van der Waals surface area contributed by atoms with E-state index in [1.165, 1.54) is 0 Å². The van der Waals surface area contributed by atoms with Crippen LogP contribution in [0.2, 0.25) is 0 Å². The molecule has 3 rings (SSSR count). The van der Waals surface area contributed by atoms with E-state index in [1.807, 2.05) is 12.1 Å². The summed E-state index contributed by atoms with van der Waals surface area (Å²) in [6.07, 6.45) is 6.89. The number of aromatic nitrogens is 2. The minimum atomic E-state index is 0.145. The van der Waals surface area contributed by atoms with Gasteiger partial charge in [0.05, 0.1) is 24.3 Å². The molecule has 5 heteroatoms. The molecule has 0 bridgehead atoms. The molecule has 2 aromatic rings. The Bertz CT molecular complexity index is 638. The van der Waals surface area contributed by atoms with Crippen LogP contribution in [0.1, 0.15) is 31.2 Å². The summed E-state index contributed by atoms with van der Waals surface area (Å²) in [5.41, 5.74) is 15.4. The number of hydrogen-bond acceptors (Lipinski definition) is 5. The third-order valence-corrected chi connectivity index (χ3v) is 4.72. The lowest BCUT2D eigenvalue weighted by atomic mass is 9.80. The first-order valence-electron chi connectivity index (χ1n) is 7.97. The fourth-order valence-electron chi connectivity index (χ4n) is 3.33. The second-order valence-corrected chi connectivity index (χ2v) is 6.24. The molecule has 4 N–H and O–H groups in total. The standard InChI is InChI=1S/C17H24N4O/c1-22-16-10-20-15-4-2-3-12(17(15)21-16)9-14(19)11-5-7-13(18)8-6-11/h2-4,10-11,13-14H,5-9,18-19H2,1H3. The van der Waals surface area contributed by atoms with Gasteiger partial charge in [-0.05, 0) is 49.7 Å². The highest BCUT2D eigenvalue weighted by Gasteiger charge is 2.24. The highest BCUT2D eigenvalue weighted by Crippen LogP contribution is 2.28. The van der Waals surface area contributed by atoms with Gasteiger partial charge in [-0.15, -0.1) is 0 Å². The van der Waals surface area contributed by atoms with Crippen LogP contribution in [0.3, 0.4) is 0 Å². The molecule has 0 aliphatic heterocycles. The summed E-state index contributed by atoms with van der Waals surface area (Å²) in [6, 6.07) is 6.58. The molecule has 5 nitrogen and oxygen atoms in total. The van der Waals surface area contributed by atoms with E-state index in [-0.39, 0.29) is 6.04 Å². The molecule has 1 aliphatic carbocycles. The van der Waals surface area contributed by atoms with E-state index in [4.69, 9.17) is 16.2 Å². The number of para-hydroxylation sites is 1. The van der Waals surface area contributed by atoms with E-state index in [0.717, 1.165) is 48.7 Å². The van der Waals surface area contributed by atoms with Gasteiger partial charge >= 0.3 is 0 Å². The Morgan fingerprint density at radius 3 is 2.77 bits per heavy atom. The molecule has 0 spiro atoms. The van der Waals surface area contributed by atoms with Gasteiger partial charge in [0.25, 0.3) is 0 Å². The van der Waals surface area contributed by atoms with Gasteiger partial charge in [0.1, 0.15) is 0 Å². The van der Waals surface area contributed by atoms with Crippen LogP contribution in [0, 0.1) is 5.92 Å². The van der Waals surface area contributed by atoms with E-state index in [0.29, 0.717) is 17.8 Å². The van der Waals surface area contributed by atoms with E-state index in [1.54, 1.807) is 13.3 Å². The lowest BCUT2D eigenvalue weighted by Crippen LogP contribution is -2.37. The highest BCUT2D eigenvalue weighted by molar-refractivity contribution is 5.78. The zero-order valence-electron chi connectivity index (χ0n) is 13.0. The largest absolute Gasteiger partial charge is 0.480 e. The van der Waals surface area contributed by atoms with Crippen LogP contribution in [0.15, 0.2) is 24.4 Å². The number of nitrogens with two attached hydrogens (primary N) is 2. The molecule has 0 radical (unpaired) electrons. The van der Waals surface area contributed by atoms with Crippen LogP contribution in [0.5, 0.6) is 5.88 Å². The molecule has 1 aliphatic rings. The van der Waals surface area contributed by atoms with Crippen molar-refractivity contribution in [2.45, 2.75) is 44.2 Å². The monoisotopic (exact) mass is 300 g/mol. The zero-order valence-corrected chi connectivity index (χ0v) is 13.0. The Labute approximate surface area is 131 Å². The van der Waals surface area contributed by atoms with Gasteiger partial charge in [-0.2, -0.15) is 0 Å². The second kappa shape index (κ2) is 6.58. The fraction of sp³-hybridized carbons (Fsp3) is 0.529. The first-order valence-corrected chi connectivity index (χ1v) is 7.97. The van der Waals surface area contributed by atoms with Crippen molar-refractivity contribution in [2.24, 2.45) is 17.4 Å². The van der Waals surface area contributed by atoms with Crippen LogP contribution < -0.4 is 16.2 Å². The third-order valence-electron chi connectivity index (χ3n) is 4.72. The van der Waals surface area contributed by atoms with Crippen molar-refractivity contribution in [3.63, 3.8) is 0 Å². The Kier molecular flexibility index (Phi) is 4.55. The number of ether oxygens (including phenoxy) is 1. The summed E-state index contributed by atoms with van der Waals surface area (Å²) in [5.74, 6) is 1.09. The highest BCUT2D eigenvalue weighted by atomic mass is 16.5. The topological polar surface area (TPSA) is 87.0 Å². The predicted octanol–water partition coefficient (Wildman–Crippen LogP) is 2.03. The van der Waals surface area contributed by atoms with Crippen LogP contribution in [-0.4, -0.2) is 29.2 Å². The smallest absolute Gasteiger partial charge is 0.232 e.